The zero-order valence-electron chi connectivity index (χ0n) is 13.0. The van der Waals surface area contributed by atoms with Crippen molar-refractivity contribution in [2.24, 2.45) is 5.10 Å². The monoisotopic (exact) mass is 340 g/mol. The summed E-state index contributed by atoms with van der Waals surface area (Å²) in [7, 11) is 1.63. The molecule has 122 valence electrons. The predicted molar refractivity (Wildman–Crippen MR) is 97.3 cm³/mol. The van der Waals surface area contributed by atoms with E-state index in [0.717, 1.165) is 22.8 Å². The molecule has 2 aromatic carbocycles. The standard InChI is InChI=1S/C17H16N4O2S/c1-22-13-5-7-14(8-6-13)23-15-4-2-3-12(9-15)10-19-21-17-20-16(18)11-24-17/h2-11H,18H2,1H3,(H,20,21). The summed E-state index contributed by atoms with van der Waals surface area (Å²) in [6.07, 6.45) is 1.69. The Labute approximate surface area is 143 Å². The van der Waals surface area contributed by atoms with Gasteiger partial charge in [0, 0.05) is 5.38 Å². The van der Waals surface area contributed by atoms with Crippen LogP contribution in [-0.2, 0) is 0 Å². The zero-order valence-corrected chi connectivity index (χ0v) is 13.8. The number of benzene rings is 2. The van der Waals surface area contributed by atoms with Gasteiger partial charge < -0.3 is 15.2 Å². The smallest absolute Gasteiger partial charge is 0.205 e. The van der Waals surface area contributed by atoms with E-state index >= 15 is 0 Å². The Morgan fingerprint density at radius 1 is 1.12 bits per heavy atom. The van der Waals surface area contributed by atoms with E-state index in [0.29, 0.717) is 10.9 Å². The normalized spacial score (nSPS) is 10.7. The number of nitrogens with one attached hydrogen (secondary N) is 1. The molecule has 0 amide bonds. The largest absolute Gasteiger partial charge is 0.497 e. The SMILES string of the molecule is COc1ccc(Oc2cccc(C=NNc3nc(N)cs3)c2)cc1. The molecule has 0 radical (unpaired) electrons. The summed E-state index contributed by atoms with van der Waals surface area (Å²) in [5, 5.41) is 6.54. The van der Waals surface area contributed by atoms with Crippen LogP contribution in [0.3, 0.4) is 0 Å². The molecule has 3 rings (SSSR count). The average Bonchev–Trinajstić information content (AvgIpc) is 3.01. The number of hydrogen-bond acceptors (Lipinski definition) is 7. The molecule has 0 unspecified atom stereocenters. The summed E-state index contributed by atoms with van der Waals surface area (Å²) in [4.78, 5) is 4.07. The molecule has 24 heavy (non-hydrogen) atoms. The van der Waals surface area contributed by atoms with Crippen molar-refractivity contribution in [3.63, 3.8) is 0 Å². The van der Waals surface area contributed by atoms with Crippen molar-refractivity contribution in [1.82, 2.24) is 4.98 Å². The molecule has 0 aliphatic rings. The van der Waals surface area contributed by atoms with Crippen molar-refractivity contribution in [1.29, 1.82) is 0 Å². The van der Waals surface area contributed by atoms with Gasteiger partial charge in [-0.05, 0) is 42.0 Å². The number of rotatable bonds is 6. The van der Waals surface area contributed by atoms with Gasteiger partial charge in [-0.3, -0.25) is 5.43 Å². The lowest BCUT2D eigenvalue weighted by Crippen LogP contribution is -1.92. The molecule has 1 heterocycles. The van der Waals surface area contributed by atoms with E-state index < -0.39 is 0 Å². The summed E-state index contributed by atoms with van der Waals surface area (Å²) in [6, 6.07) is 15.0. The molecule has 3 aromatic rings. The van der Waals surface area contributed by atoms with Crippen LogP contribution in [0.1, 0.15) is 5.56 Å². The van der Waals surface area contributed by atoms with Crippen LogP contribution in [0.4, 0.5) is 10.9 Å². The van der Waals surface area contributed by atoms with E-state index in [4.69, 9.17) is 15.2 Å². The van der Waals surface area contributed by atoms with Gasteiger partial charge in [0.05, 0.1) is 13.3 Å². The quantitative estimate of drug-likeness (QED) is 0.524. The minimum Gasteiger partial charge on any atom is -0.497 e. The first-order valence-corrected chi connectivity index (χ1v) is 8.03. The van der Waals surface area contributed by atoms with Gasteiger partial charge in [0.25, 0.3) is 0 Å². The average molecular weight is 340 g/mol. The maximum absolute atomic E-state index is 5.82. The number of nitrogens with zero attached hydrogens (tertiary/aromatic N) is 2. The molecule has 1 aromatic heterocycles. The van der Waals surface area contributed by atoms with Gasteiger partial charge in [-0.25, -0.2) is 4.98 Å². The molecular weight excluding hydrogens is 324 g/mol. The number of methoxy groups -OCH3 is 1. The fraction of sp³-hybridized carbons (Fsp3) is 0.0588. The summed E-state index contributed by atoms with van der Waals surface area (Å²) >= 11 is 1.40. The zero-order chi connectivity index (χ0) is 16.8. The molecule has 6 nitrogen and oxygen atoms in total. The van der Waals surface area contributed by atoms with E-state index in [-0.39, 0.29) is 0 Å². The fourth-order valence-corrected chi connectivity index (χ4v) is 2.49. The van der Waals surface area contributed by atoms with Crippen LogP contribution in [-0.4, -0.2) is 18.3 Å². The van der Waals surface area contributed by atoms with Crippen molar-refractivity contribution in [2.45, 2.75) is 0 Å². The Bertz CT molecular complexity index is 831. The summed E-state index contributed by atoms with van der Waals surface area (Å²) in [5.74, 6) is 2.73. The van der Waals surface area contributed by atoms with E-state index in [9.17, 15) is 0 Å². The lowest BCUT2D eigenvalue weighted by Gasteiger charge is -2.07. The molecule has 0 bridgehead atoms. The molecule has 3 N–H and O–H groups in total. The van der Waals surface area contributed by atoms with Crippen LogP contribution in [0, 0.1) is 0 Å². The second-order valence-electron chi connectivity index (χ2n) is 4.80. The lowest BCUT2D eigenvalue weighted by atomic mass is 10.2. The van der Waals surface area contributed by atoms with Gasteiger partial charge in [-0.1, -0.05) is 12.1 Å². The van der Waals surface area contributed by atoms with E-state index in [1.165, 1.54) is 11.3 Å². The third kappa shape index (κ3) is 4.23. The van der Waals surface area contributed by atoms with Crippen LogP contribution in [0.15, 0.2) is 59.0 Å². The van der Waals surface area contributed by atoms with Crippen LogP contribution < -0.4 is 20.6 Å². The highest BCUT2D eigenvalue weighted by Crippen LogP contribution is 2.24. The Balaban J connectivity index is 1.64. The number of nitrogens with two attached hydrogens (primary N) is 1. The number of ether oxygens (including phenoxy) is 2. The molecule has 0 aliphatic heterocycles. The highest BCUT2D eigenvalue weighted by molar-refractivity contribution is 7.14. The first-order chi connectivity index (χ1) is 11.7. The second kappa shape index (κ2) is 7.47. The predicted octanol–water partition coefficient (Wildman–Crippen LogP) is 3.97. The molecule has 0 spiro atoms. The van der Waals surface area contributed by atoms with Gasteiger partial charge in [0.2, 0.25) is 5.13 Å². The summed E-state index contributed by atoms with van der Waals surface area (Å²) in [6.45, 7) is 0. The number of aromatic nitrogens is 1. The summed E-state index contributed by atoms with van der Waals surface area (Å²) in [5.41, 5.74) is 9.29. The molecule has 0 fully saturated rings. The molecule has 0 aliphatic carbocycles. The van der Waals surface area contributed by atoms with Crippen molar-refractivity contribution < 1.29 is 9.47 Å². The number of thiazole rings is 1. The maximum atomic E-state index is 5.82. The third-order valence-electron chi connectivity index (χ3n) is 3.05. The minimum absolute atomic E-state index is 0.479. The molecule has 7 heteroatoms. The van der Waals surface area contributed by atoms with Crippen LogP contribution in [0.25, 0.3) is 0 Å². The van der Waals surface area contributed by atoms with Crippen LogP contribution in [0.5, 0.6) is 17.2 Å². The van der Waals surface area contributed by atoms with Gasteiger partial charge in [-0.2, -0.15) is 5.10 Å². The minimum atomic E-state index is 0.479. The molecule has 0 saturated heterocycles. The van der Waals surface area contributed by atoms with Crippen molar-refractivity contribution >= 4 is 28.5 Å². The van der Waals surface area contributed by atoms with E-state index in [2.05, 4.69) is 15.5 Å². The Morgan fingerprint density at radius 3 is 2.62 bits per heavy atom. The van der Waals surface area contributed by atoms with E-state index in [1.54, 1.807) is 18.7 Å². The first-order valence-electron chi connectivity index (χ1n) is 7.15. The van der Waals surface area contributed by atoms with Crippen molar-refractivity contribution in [3.05, 3.63) is 59.5 Å². The topological polar surface area (TPSA) is 81.8 Å². The number of anilines is 2. The van der Waals surface area contributed by atoms with Crippen molar-refractivity contribution in [3.8, 4) is 17.2 Å². The molecule has 0 atom stereocenters. The number of hydrazone groups is 1. The first kappa shape index (κ1) is 15.8. The Morgan fingerprint density at radius 2 is 1.92 bits per heavy atom. The van der Waals surface area contributed by atoms with Crippen molar-refractivity contribution in [2.75, 3.05) is 18.3 Å². The van der Waals surface area contributed by atoms with Crippen LogP contribution >= 0.6 is 11.3 Å². The number of nitrogen functional groups attached to an aromatic ring is 1. The van der Waals surface area contributed by atoms with E-state index in [1.807, 2.05) is 48.5 Å². The molecule has 0 saturated carbocycles. The Hall–Kier alpha value is -3.06. The third-order valence-corrected chi connectivity index (χ3v) is 3.81. The second-order valence-corrected chi connectivity index (χ2v) is 5.66. The van der Waals surface area contributed by atoms with Gasteiger partial charge in [0.1, 0.15) is 23.1 Å². The molecular formula is C17H16N4O2S. The van der Waals surface area contributed by atoms with Crippen LogP contribution in [0.2, 0.25) is 0 Å². The lowest BCUT2D eigenvalue weighted by molar-refractivity contribution is 0.413. The Kier molecular flexibility index (Phi) is 4.93. The van der Waals surface area contributed by atoms with Gasteiger partial charge in [0.15, 0.2) is 0 Å². The summed E-state index contributed by atoms with van der Waals surface area (Å²) < 4.78 is 11.0. The highest BCUT2D eigenvalue weighted by Gasteiger charge is 2.00. The maximum Gasteiger partial charge on any atom is 0.205 e. The van der Waals surface area contributed by atoms with Gasteiger partial charge in [-0.15, -0.1) is 11.3 Å². The fourth-order valence-electron chi connectivity index (χ4n) is 1.94. The number of hydrogen-bond donors (Lipinski definition) is 2. The van der Waals surface area contributed by atoms with Gasteiger partial charge >= 0.3 is 0 Å². The highest BCUT2D eigenvalue weighted by atomic mass is 32.1.